The minimum atomic E-state index is 0.0252. The number of aromatic nitrogens is 1. The standard InChI is InChI=1S/C12H13NOS/c1-8-3-5-10(6-4-8)12-9(2)13-11(7-14)15-12/h3-6,14H,7H2,1-2H3. The Morgan fingerprint density at radius 2 is 1.87 bits per heavy atom. The van der Waals surface area contributed by atoms with E-state index in [0.29, 0.717) is 0 Å². The first kappa shape index (κ1) is 10.3. The SMILES string of the molecule is Cc1ccc(-c2sc(CO)nc2C)cc1. The van der Waals surface area contributed by atoms with Crippen LogP contribution in [0.3, 0.4) is 0 Å². The van der Waals surface area contributed by atoms with Crippen molar-refractivity contribution in [3.63, 3.8) is 0 Å². The summed E-state index contributed by atoms with van der Waals surface area (Å²) in [5, 5.41) is 9.79. The highest BCUT2D eigenvalue weighted by Gasteiger charge is 2.08. The molecule has 2 rings (SSSR count). The highest BCUT2D eigenvalue weighted by atomic mass is 32.1. The van der Waals surface area contributed by atoms with Crippen LogP contribution in [0.25, 0.3) is 10.4 Å². The molecule has 0 bridgehead atoms. The molecule has 0 fully saturated rings. The molecule has 0 saturated heterocycles. The van der Waals surface area contributed by atoms with Crippen molar-refractivity contribution in [1.82, 2.24) is 4.98 Å². The Kier molecular flexibility index (Phi) is 2.84. The predicted octanol–water partition coefficient (Wildman–Crippen LogP) is 2.92. The number of rotatable bonds is 2. The molecule has 15 heavy (non-hydrogen) atoms. The number of hydrogen-bond acceptors (Lipinski definition) is 3. The Morgan fingerprint density at radius 3 is 2.40 bits per heavy atom. The molecule has 0 radical (unpaired) electrons. The Balaban J connectivity index is 2.44. The Morgan fingerprint density at radius 1 is 1.20 bits per heavy atom. The molecular weight excluding hydrogens is 206 g/mol. The van der Waals surface area contributed by atoms with Crippen LogP contribution in [0.2, 0.25) is 0 Å². The Hall–Kier alpha value is -1.19. The largest absolute Gasteiger partial charge is 0.389 e. The molecule has 0 atom stereocenters. The average molecular weight is 219 g/mol. The number of thiazole rings is 1. The third-order valence-corrected chi connectivity index (χ3v) is 3.48. The lowest BCUT2D eigenvalue weighted by Crippen LogP contribution is -1.80. The van der Waals surface area contributed by atoms with E-state index >= 15 is 0 Å². The van der Waals surface area contributed by atoms with Crippen molar-refractivity contribution in [2.45, 2.75) is 20.5 Å². The third-order valence-electron chi connectivity index (χ3n) is 2.29. The fourth-order valence-corrected chi connectivity index (χ4v) is 2.42. The van der Waals surface area contributed by atoms with Gasteiger partial charge in [-0.1, -0.05) is 29.8 Å². The summed E-state index contributed by atoms with van der Waals surface area (Å²) in [6.45, 7) is 4.07. The van der Waals surface area contributed by atoms with E-state index in [4.69, 9.17) is 5.11 Å². The van der Waals surface area contributed by atoms with Crippen molar-refractivity contribution in [3.05, 3.63) is 40.5 Å². The highest BCUT2D eigenvalue weighted by Crippen LogP contribution is 2.29. The van der Waals surface area contributed by atoms with Crippen molar-refractivity contribution >= 4 is 11.3 Å². The summed E-state index contributed by atoms with van der Waals surface area (Å²) >= 11 is 1.56. The van der Waals surface area contributed by atoms with Gasteiger partial charge in [0.15, 0.2) is 0 Å². The van der Waals surface area contributed by atoms with Gasteiger partial charge in [0, 0.05) is 0 Å². The van der Waals surface area contributed by atoms with E-state index in [-0.39, 0.29) is 6.61 Å². The smallest absolute Gasteiger partial charge is 0.119 e. The maximum Gasteiger partial charge on any atom is 0.119 e. The summed E-state index contributed by atoms with van der Waals surface area (Å²) in [6, 6.07) is 8.37. The van der Waals surface area contributed by atoms with Crippen LogP contribution in [0.5, 0.6) is 0 Å². The Labute approximate surface area is 93.2 Å². The molecule has 0 unspecified atom stereocenters. The minimum Gasteiger partial charge on any atom is -0.389 e. The minimum absolute atomic E-state index is 0.0252. The number of aryl methyl sites for hydroxylation is 2. The Bertz CT molecular complexity index is 459. The van der Waals surface area contributed by atoms with Gasteiger partial charge in [0.1, 0.15) is 5.01 Å². The summed E-state index contributed by atoms with van der Waals surface area (Å²) in [6.07, 6.45) is 0. The zero-order valence-electron chi connectivity index (χ0n) is 8.82. The second kappa shape index (κ2) is 4.13. The second-order valence-corrected chi connectivity index (χ2v) is 4.63. The van der Waals surface area contributed by atoms with Crippen LogP contribution in [0.4, 0.5) is 0 Å². The number of nitrogens with zero attached hydrogens (tertiary/aromatic N) is 1. The summed E-state index contributed by atoms with van der Waals surface area (Å²) in [5.41, 5.74) is 3.42. The fraction of sp³-hybridized carbons (Fsp3) is 0.250. The van der Waals surface area contributed by atoms with Crippen LogP contribution >= 0.6 is 11.3 Å². The van der Waals surface area contributed by atoms with E-state index in [1.807, 2.05) is 6.92 Å². The third kappa shape index (κ3) is 2.08. The van der Waals surface area contributed by atoms with E-state index < -0.39 is 0 Å². The average Bonchev–Trinajstić information content (AvgIpc) is 2.61. The molecule has 0 aliphatic heterocycles. The first-order chi connectivity index (χ1) is 7.20. The van der Waals surface area contributed by atoms with Crippen LogP contribution < -0.4 is 0 Å². The zero-order valence-corrected chi connectivity index (χ0v) is 9.64. The molecule has 1 aromatic carbocycles. The first-order valence-corrected chi connectivity index (χ1v) is 5.66. The van der Waals surface area contributed by atoms with Gasteiger partial charge in [0.25, 0.3) is 0 Å². The molecule has 1 aromatic heterocycles. The molecule has 3 heteroatoms. The van der Waals surface area contributed by atoms with Gasteiger partial charge in [-0.2, -0.15) is 0 Å². The number of aliphatic hydroxyl groups is 1. The molecule has 0 aliphatic carbocycles. The van der Waals surface area contributed by atoms with Gasteiger partial charge in [0.2, 0.25) is 0 Å². The number of benzene rings is 1. The van der Waals surface area contributed by atoms with Crippen LogP contribution in [0.1, 0.15) is 16.3 Å². The maximum atomic E-state index is 9.01. The summed E-state index contributed by atoms with van der Waals surface area (Å²) in [5.74, 6) is 0. The molecule has 0 aliphatic rings. The van der Waals surface area contributed by atoms with Gasteiger partial charge < -0.3 is 5.11 Å². The number of hydrogen-bond donors (Lipinski definition) is 1. The summed E-state index contributed by atoms with van der Waals surface area (Å²) < 4.78 is 0. The molecule has 1 heterocycles. The van der Waals surface area contributed by atoms with Gasteiger partial charge in [-0.25, -0.2) is 4.98 Å². The van der Waals surface area contributed by atoms with Crippen LogP contribution in [0.15, 0.2) is 24.3 Å². The predicted molar refractivity (Wildman–Crippen MR) is 62.9 cm³/mol. The summed E-state index contributed by atoms with van der Waals surface area (Å²) in [7, 11) is 0. The van der Waals surface area contributed by atoms with Gasteiger partial charge in [-0.3, -0.25) is 0 Å². The van der Waals surface area contributed by atoms with Gasteiger partial charge >= 0.3 is 0 Å². The van der Waals surface area contributed by atoms with E-state index in [9.17, 15) is 0 Å². The zero-order chi connectivity index (χ0) is 10.8. The molecule has 1 N–H and O–H groups in total. The normalized spacial score (nSPS) is 10.6. The van der Waals surface area contributed by atoms with Gasteiger partial charge in [0.05, 0.1) is 17.2 Å². The van der Waals surface area contributed by atoms with Crippen molar-refractivity contribution in [2.75, 3.05) is 0 Å². The number of aliphatic hydroxyl groups excluding tert-OH is 1. The molecular formula is C12H13NOS. The van der Waals surface area contributed by atoms with Crippen molar-refractivity contribution < 1.29 is 5.11 Å². The highest BCUT2D eigenvalue weighted by molar-refractivity contribution is 7.15. The lowest BCUT2D eigenvalue weighted by Gasteiger charge is -1.98. The molecule has 2 nitrogen and oxygen atoms in total. The van der Waals surface area contributed by atoms with E-state index in [0.717, 1.165) is 15.6 Å². The lowest BCUT2D eigenvalue weighted by molar-refractivity contribution is 0.281. The second-order valence-electron chi connectivity index (χ2n) is 3.55. The van der Waals surface area contributed by atoms with E-state index in [1.54, 1.807) is 11.3 Å². The van der Waals surface area contributed by atoms with Crippen molar-refractivity contribution in [3.8, 4) is 10.4 Å². The quantitative estimate of drug-likeness (QED) is 0.842. The lowest BCUT2D eigenvalue weighted by atomic mass is 10.1. The molecule has 0 spiro atoms. The molecule has 78 valence electrons. The van der Waals surface area contributed by atoms with Crippen molar-refractivity contribution in [1.29, 1.82) is 0 Å². The maximum absolute atomic E-state index is 9.01. The van der Waals surface area contributed by atoms with Gasteiger partial charge in [-0.15, -0.1) is 11.3 Å². The molecule has 0 amide bonds. The van der Waals surface area contributed by atoms with Crippen LogP contribution in [-0.4, -0.2) is 10.1 Å². The fourth-order valence-electron chi connectivity index (χ4n) is 1.49. The first-order valence-electron chi connectivity index (χ1n) is 4.85. The topological polar surface area (TPSA) is 33.1 Å². The van der Waals surface area contributed by atoms with E-state index in [1.165, 1.54) is 11.1 Å². The summed E-state index contributed by atoms with van der Waals surface area (Å²) in [4.78, 5) is 5.45. The van der Waals surface area contributed by atoms with Crippen molar-refractivity contribution in [2.24, 2.45) is 0 Å². The van der Waals surface area contributed by atoms with E-state index in [2.05, 4.69) is 36.2 Å². The monoisotopic (exact) mass is 219 g/mol. The van der Waals surface area contributed by atoms with Gasteiger partial charge in [-0.05, 0) is 19.4 Å². The van der Waals surface area contributed by atoms with Crippen LogP contribution in [-0.2, 0) is 6.61 Å². The molecule has 0 saturated carbocycles. The van der Waals surface area contributed by atoms with Crippen LogP contribution in [0, 0.1) is 13.8 Å². The molecule has 2 aromatic rings.